The van der Waals surface area contributed by atoms with E-state index in [1.54, 1.807) is 13.2 Å². The van der Waals surface area contributed by atoms with Gasteiger partial charge in [0.25, 0.3) is 0 Å². The molecular weight excluding hydrogens is 383 g/mol. The third-order valence-corrected chi connectivity index (χ3v) is 5.84. The van der Waals surface area contributed by atoms with Crippen molar-refractivity contribution in [1.29, 1.82) is 0 Å². The summed E-state index contributed by atoms with van der Waals surface area (Å²) in [5, 5.41) is 4.16. The fraction of sp³-hybridized carbons (Fsp3) is 0.417. The van der Waals surface area contributed by atoms with Crippen molar-refractivity contribution in [2.75, 3.05) is 13.7 Å². The van der Waals surface area contributed by atoms with E-state index in [9.17, 15) is 9.18 Å². The van der Waals surface area contributed by atoms with Gasteiger partial charge < -0.3 is 14.5 Å². The zero-order chi connectivity index (χ0) is 20.9. The lowest BCUT2D eigenvalue weighted by Gasteiger charge is -2.27. The molecule has 1 fully saturated rings. The molecule has 1 heterocycles. The van der Waals surface area contributed by atoms with Crippen molar-refractivity contribution >= 4 is 11.6 Å². The Labute approximate surface area is 176 Å². The number of halogens is 1. The molecule has 0 radical (unpaired) electrons. The van der Waals surface area contributed by atoms with Crippen LogP contribution in [-0.2, 0) is 16.2 Å². The molecule has 1 saturated carbocycles. The van der Waals surface area contributed by atoms with Crippen LogP contribution in [0.25, 0.3) is 0 Å². The molecule has 2 aromatic rings. The van der Waals surface area contributed by atoms with Gasteiger partial charge in [0.05, 0.1) is 19.4 Å². The average Bonchev–Trinajstić information content (AvgIpc) is 3.45. The SMILES string of the molecule is COc1cccc(CN(C[C@@H]2CC(c3cccc(F)c3)=NO2)C(=O)C2CCCC2)c1. The van der Waals surface area contributed by atoms with Crippen LogP contribution in [0.3, 0.4) is 0 Å². The Kier molecular flexibility index (Phi) is 6.31. The van der Waals surface area contributed by atoms with Crippen molar-refractivity contribution in [1.82, 2.24) is 4.90 Å². The van der Waals surface area contributed by atoms with E-state index in [2.05, 4.69) is 5.16 Å². The number of methoxy groups -OCH3 is 1. The van der Waals surface area contributed by atoms with Gasteiger partial charge in [0, 0.05) is 24.4 Å². The van der Waals surface area contributed by atoms with Gasteiger partial charge in [-0.1, -0.05) is 42.3 Å². The standard InChI is InChI=1S/C24H27FN2O3/c1-29-21-11-4-6-17(12-21)15-27(24(28)18-7-2-3-8-18)16-22-14-23(26-30-22)19-9-5-10-20(25)13-19/h4-6,9-13,18,22H,2-3,7-8,14-16H2,1H3/t22-/m0/s1. The first kappa shape index (κ1) is 20.4. The fourth-order valence-electron chi connectivity index (χ4n) is 4.27. The maximum absolute atomic E-state index is 13.6. The summed E-state index contributed by atoms with van der Waals surface area (Å²) in [4.78, 5) is 20.8. The maximum Gasteiger partial charge on any atom is 0.226 e. The zero-order valence-electron chi connectivity index (χ0n) is 17.2. The number of nitrogens with zero attached hydrogens (tertiary/aromatic N) is 2. The highest BCUT2D eigenvalue weighted by Gasteiger charge is 2.31. The smallest absolute Gasteiger partial charge is 0.226 e. The van der Waals surface area contributed by atoms with Crippen molar-refractivity contribution in [2.45, 2.75) is 44.8 Å². The molecule has 0 bridgehead atoms. The summed E-state index contributed by atoms with van der Waals surface area (Å²) in [6, 6.07) is 14.1. The second kappa shape index (κ2) is 9.28. The largest absolute Gasteiger partial charge is 0.497 e. The topological polar surface area (TPSA) is 51.1 Å². The fourth-order valence-corrected chi connectivity index (χ4v) is 4.27. The molecule has 1 aliphatic heterocycles. The predicted octanol–water partition coefficient (Wildman–Crippen LogP) is 4.55. The third-order valence-electron chi connectivity index (χ3n) is 5.84. The van der Waals surface area contributed by atoms with E-state index in [1.807, 2.05) is 35.2 Å². The van der Waals surface area contributed by atoms with Crippen LogP contribution >= 0.6 is 0 Å². The van der Waals surface area contributed by atoms with Crippen LogP contribution in [0.1, 0.15) is 43.2 Å². The maximum atomic E-state index is 13.6. The summed E-state index contributed by atoms with van der Waals surface area (Å²) in [6.45, 7) is 0.955. The Morgan fingerprint density at radius 1 is 1.20 bits per heavy atom. The molecule has 0 spiro atoms. The molecule has 5 nitrogen and oxygen atoms in total. The highest BCUT2D eigenvalue weighted by Crippen LogP contribution is 2.28. The van der Waals surface area contributed by atoms with Gasteiger partial charge in [-0.3, -0.25) is 4.79 Å². The number of ether oxygens (including phenoxy) is 1. The Balaban J connectivity index is 1.46. The first-order valence-corrected chi connectivity index (χ1v) is 10.5. The van der Waals surface area contributed by atoms with E-state index in [-0.39, 0.29) is 23.7 Å². The normalized spacial score (nSPS) is 18.7. The number of oxime groups is 1. The average molecular weight is 410 g/mol. The number of carbonyl (C=O) groups is 1. The molecule has 4 rings (SSSR count). The van der Waals surface area contributed by atoms with E-state index in [4.69, 9.17) is 9.57 Å². The second-order valence-corrected chi connectivity index (χ2v) is 8.03. The quantitative estimate of drug-likeness (QED) is 0.673. The molecule has 2 aliphatic rings. The summed E-state index contributed by atoms with van der Waals surface area (Å²) >= 11 is 0. The van der Waals surface area contributed by atoms with Crippen LogP contribution in [0.2, 0.25) is 0 Å². The Morgan fingerprint density at radius 3 is 2.77 bits per heavy atom. The Hall–Kier alpha value is -2.89. The van der Waals surface area contributed by atoms with Crippen LogP contribution < -0.4 is 4.74 Å². The van der Waals surface area contributed by atoms with Crippen molar-refractivity contribution in [2.24, 2.45) is 11.1 Å². The van der Waals surface area contributed by atoms with Crippen LogP contribution in [0, 0.1) is 11.7 Å². The van der Waals surface area contributed by atoms with Gasteiger partial charge in [-0.05, 0) is 42.7 Å². The highest BCUT2D eigenvalue weighted by atomic mass is 19.1. The van der Waals surface area contributed by atoms with Crippen LogP contribution in [-0.4, -0.2) is 36.3 Å². The molecule has 1 amide bonds. The predicted molar refractivity (Wildman–Crippen MR) is 113 cm³/mol. The third kappa shape index (κ3) is 4.81. The molecule has 2 aromatic carbocycles. The minimum Gasteiger partial charge on any atom is -0.497 e. The first-order chi connectivity index (χ1) is 14.6. The Morgan fingerprint density at radius 2 is 2.00 bits per heavy atom. The molecular formula is C24H27FN2O3. The van der Waals surface area contributed by atoms with Gasteiger partial charge in [-0.25, -0.2) is 4.39 Å². The van der Waals surface area contributed by atoms with E-state index >= 15 is 0 Å². The summed E-state index contributed by atoms with van der Waals surface area (Å²) in [6.07, 6.45) is 4.43. The van der Waals surface area contributed by atoms with Gasteiger partial charge in [0.15, 0.2) is 6.10 Å². The molecule has 0 saturated heterocycles. The van der Waals surface area contributed by atoms with Gasteiger partial charge in [0.2, 0.25) is 5.91 Å². The first-order valence-electron chi connectivity index (χ1n) is 10.5. The summed E-state index contributed by atoms with van der Waals surface area (Å²) in [7, 11) is 1.64. The minimum atomic E-state index is -0.297. The summed E-state index contributed by atoms with van der Waals surface area (Å²) in [5.74, 6) is 0.739. The van der Waals surface area contributed by atoms with Crippen molar-refractivity contribution in [3.05, 3.63) is 65.5 Å². The van der Waals surface area contributed by atoms with Crippen molar-refractivity contribution < 1.29 is 18.8 Å². The number of rotatable bonds is 7. The van der Waals surface area contributed by atoms with E-state index in [0.29, 0.717) is 25.2 Å². The lowest BCUT2D eigenvalue weighted by Crippen LogP contribution is -2.40. The van der Waals surface area contributed by atoms with E-state index in [0.717, 1.165) is 42.6 Å². The van der Waals surface area contributed by atoms with Gasteiger partial charge in [0.1, 0.15) is 11.6 Å². The summed E-state index contributed by atoms with van der Waals surface area (Å²) < 4.78 is 18.9. The second-order valence-electron chi connectivity index (χ2n) is 8.03. The van der Waals surface area contributed by atoms with Crippen molar-refractivity contribution in [3.8, 4) is 5.75 Å². The molecule has 1 atom stereocenters. The Bertz CT molecular complexity index is 924. The monoisotopic (exact) mass is 410 g/mol. The van der Waals surface area contributed by atoms with E-state index < -0.39 is 0 Å². The van der Waals surface area contributed by atoms with E-state index in [1.165, 1.54) is 12.1 Å². The van der Waals surface area contributed by atoms with Crippen LogP contribution in [0.4, 0.5) is 4.39 Å². The number of amides is 1. The number of hydrogen-bond acceptors (Lipinski definition) is 4. The van der Waals surface area contributed by atoms with Gasteiger partial charge in [-0.15, -0.1) is 0 Å². The van der Waals surface area contributed by atoms with Gasteiger partial charge in [-0.2, -0.15) is 0 Å². The minimum absolute atomic E-state index is 0.0839. The van der Waals surface area contributed by atoms with Gasteiger partial charge >= 0.3 is 0 Å². The molecule has 0 N–H and O–H groups in total. The molecule has 6 heteroatoms. The molecule has 158 valence electrons. The number of carbonyl (C=O) groups excluding carboxylic acids is 1. The highest BCUT2D eigenvalue weighted by molar-refractivity contribution is 6.01. The van der Waals surface area contributed by atoms with Crippen LogP contribution in [0.5, 0.6) is 5.75 Å². The molecule has 30 heavy (non-hydrogen) atoms. The number of hydrogen-bond donors (Lipinski definition) is 0. The number of benzene rings is 2. The molecule has 0 unspecified atom stereocenters. The van der Waals surface area contributed by atoms with Crippen LogP contribution in [0.15, 0.2) is 53.7 Å². The summed E-state index contributed by atoms with van der Waals surface area (Å²) in [5.41, 5.74) is 2.46. The molecule has 0 aromatic heterocycles. The molecule has 1 aliphatic carbocycles. The zero-order valence-corrected chi connectivity index (χ0v) is 17.2. The van der Waals surface area contributed by atoms with Crippen molar-refractivity contribution in [3.63, 3.8) is 0 Å². The lowest BCUT2D eigenvalue weighted by atomic mass is 10.0. The lowest BCUT2D eigenvalue weighted by molar-refractivity contribution is -0.137.